The maximum atomic E-state index is 12.2. The second-order valence-corrected chi connectivity index (χ2v) is 7.99. The van der Waals surface area contributed by atoms with Crippen molar-refractivity contribution in [1.82, 2.24) is 9.21 Å². The Morgan fingerprint density at radius 1 is 0.958 bits per heavy atom. The summed E-state index contributed by atoms with van der Waals surface area (Å²) in [6.07, 6.45) is 0. The third-order valence-corrected chi connectivity index (χ3v) is 5.43. The predicted molar refractivity (Wildman–Crippen MR) is 95.6 cm³/mol. The van der Waals surface area contributed by atoms with Crippen molar-refractivity contribution in [3.63, 3.8) is 0 Å². The largest absolute Gasteiger partial charge is 0.492 e. The predicted octanol–water partition coefficient (Wildman–Crippen LogP) is 2.45. The van der Waals surface area contributed by atoms with E-state index in [1.165, 1.54) is 18.4 Å². The number of rotatable bonds is 8. The van der Waals surface area contributed by atoms with E-state index in [-0.39, 0.29) is 0 Å². The molecule has 0 aromatic heterocycles. The molecule has 0 atom stereocenters. The number of hydrogen-bond acceptors (Lipinski definition) is 4. The molecule has 130 valence electrons. The molecule has 0 unspecified atom stereocenters. The summed E-state index contributed by atoms with van der Waals surface area (Å²) in [5.74, 6) is 0.852. The van der Waals surface area contributed by atoms with E-state index in [1.54, 1.807) is 18.2 Å². The van der Waals surface area contributed by atoms with Crippen LogP contribution in [0.1, 0.15) is 5.56 Å². The smallest absolute Gasteiger partial charge is 0.242 e. The summed E-state index contributed by atoms with van der Waals surface area (Å²) in [7, 11) is 1.66. The van der Waals surface area contributed by atoms with Crippen LogP contribution in [0.15, 0.2) is 59.5 Å². The number of para-hydroxylation sites is 1. The normalized spacial score (nSPS) is 11.9. The SMILES string of the molecule is CN(CCOc1ccccc1)Cc1cccc(S(=O)(=O)N(C)C)c1. The number of benzene rings is 2. The van der Waals surface area contributed by atoms with Gasteiger partial charge >= 0.3 is 0 Å². The van der Waals surface area contributed by atoms with Crippen molar-refractivity contribution < 1.29 is 13.2 Å². The highest BCUT2D eigenvalue weighted by Crippen LogP contribution is 2.16. The molecule has 0 saturated heterocycles. The Balaban J connectivity index is 1.91. The van der Waals surface area contributed by atoms with E-state index in [0.29, 0.717) is 18.0 Å². The van der Waals surface area contributed by atoms with Crippen LogP contribution in [0, 0.1) is 0 Å². The van der Waals surface area contributed by atoms with E-state index in [2.05, 4.69) is 4.90 Å². The van der Waals surface area contributed by atoms with E-state index in [4.69, 9.17) is 4.74 Å². The molecule has 0 heterocycles. The zero-order chi connectivity index (χ0) is 17.6. The molecule has 2 aromatic carbocycles. The summed E-state index contributed by atoms with van der Waals surface area (Å²) in [6, 6.07) is 16.7. The quantitative estimate of drug-likeness (QED) is 0.735. The molecule has 0 aliphatic carbocycles. The molecule has 0 fully saturated rings. The van der Waals surface area contributed by atoms with Crippen molar-refractivity contribution in [3.8, 4) is 5.75 Å². The van der Waals surface area contributed by atoms with Crippen molar-refractivity contribution in [2.24, 2.45) is 0 Å². The van der Waals surface area contributed by atoms with Gasteiger partial charge in [0.25, 0.3) is 0 Å². The van der Waals surface area contributed by atoms with Gasteiger partial charge in [0.05, 0.1) is 4.90 Å². The third kappa shape index (κ3) is 5.06. The Hall–Kier alpha value is -1.89. The van der Waals surface area contributed by atoms with E-state index in [0.717, 1.165) is 17.9 Å². The lowest BCUT2D eigenvalue weighted by Gasteiger charge is -2.18. The van der Waals surface area contributed by atoms with Crippen LogP contribution < -0.4 is 4.74 Å². The number of nitrogens with zero attached hydrogens (tertiary/aromatic N) is 2. The highest BCUT2D eigenvalue weighted by Gasteiger charge is 2.17. The van der Waals surface area contributed by atoms with E-state index >= 15 is 0 Å². The van der Waals surface area contributed by atoms with Crippen LogP contribution in [0.5, 0.6) is 5.75 Å². The molecule has 5 nitrogen and oxygen atoms in total. The van der Waals surface area contributed by atoms with Gasteiger partial charge in [-0.3, -0.25) is 4.90 Å². The van der Waals surface area contributed by atoms with Gasteiger partial charge in [0.15, 0.2) is 0 Å². The molecule has 2 aromatic rings. The first-order valence-corrected chi connectivity index (χ1v) is 9.21. The highest BCUT2D eigenvalue weighted by molar-refractivity contribution is 7.89. The van der Waals surface area contributed by atoms with Crippen molar-refractivity contribution in [3.05, 3.63) is 60.2 Å². The van der Waals surface area contributed by atoms with Gasteiger partial charge in [0, 0.05) is 27.2 Å². The Kier molecular flexibility index (Phi) is 6.36. The van der Waals surface area contributed by atoms with E-state index in [9.17, 15) is 8.42 Å². The zero-order valence-corrected chi connectivity index (χ0v) is 15.2. The number of likely N-dealkylation sites (N-methyl/N-ethyl adjacent to an activating group) is 1. The highest BCUT2D eigenvalue weighted by atomic mass is 32.2. The molecule has 6 heteroatoms. The van der Waals surface area contributed by atoms with Crippen molar-refractivity contribution in [2.45, 2.75) is 11.4 Å². The molecule has 0 amide bonds. The Labute approximate surface area is 144 Å². The Morgan fingerprint density at radius 3 is 2.33 bits per heavy atom. The molecule has 0 aliphatic heterocycles. The number of ether oxygens (including phenoxy) is 1. The topological polar surface area (TPSA) is 49.9 Å². The first-order valence-electron chi connectivity index (χ1n) is 7.77. The maximum absolute atomic E-state index is 12.2. The second-order valence-electron chi connectivity index (χ2n) is 5.83. The minimum Gasteiger partial charge on any atom is -0.492 e. The second kappa shape index (κ2) is 8.28. The summed E-state index contributed by atoms with van der Waals surface area (Å²) in [4.78, 5) is 2.42. The lowest BCUT2D eigenvalue weighted by molar-refractivity contribution is 0.233. The minimum absolute atomic E-state index is 0.318. The van der Waals surface area contributed by atoms with Crippen LogP contribution >= 0.6 is 0 Å². The fourth-order valence-corrected chi connectivity index (χ4v) is 3.21. The van der Waals surface area contributed by atoms with Crippen molar-refractivity contribution in [2.75, 3.05) is 34.3 Å². The van der Waals surface area contributed by atoms with Gasteiger partial charge in [-0.15, -0.1) is 0 Å². The molecule has 0 radical (unpaired) electrons. The molecular formula is C18H24N2O3S. The van der Waals surface area contributed by atoms with Gasteiger partial charge in [0.2, 0.25) is 10.0 Å². The maximum Gasteiger partial charge on any atom is 0.242 e. The number of hydrogen-bond donors (Lipinski definition) is 0. The van der Waals surface area contributed by atoms with Crippen LogP contribution in [-0.2, 0) is 16.6 Å². The lowest BCUT2D eigenvalue weighted by atomic mass is 10.2. The van der Waals surface area contributed by atoms with Gasteiger partial charge in [-0.05, 0) is 36.9 Å². The third-order valence-electron chi connectivity index (χ3n) is 3.61. The van der Waals surface area contributed by atoms with Crippen LogP contribution in [0.2, 0.25) is 0 Å². The molecule has 0 bridgehead atoms. The fourth-order valence-electron chi connectivity index (χ4n) is 2.24. The first-order chi connectivity index (χ1) is 11.4. The van der Waals surface area contributed by atoms with Gasteiger partial charge in [-0.1, -0.05) is 30.3 Å². The molecule has 0 saturated carbocycles. The average Bonchev–Trinajstić information content (AvgIpc) is 2.56. The van der Waals surface area contributed by atoms with Gasteiger partial charge in [-0.2, -0.15) is 0 Å². The lowest BCUT2D eigenvalue weighted by Crippen LogP contribution is -2.25. The van der Waals surface area contributed by atoms with Gasteiger partial charge in [-0.25, -0.2) is 12.7 Å². The number of sulfonamides is 1. The van der Waals surface area contributed by atoms with Crippen LogP contribution in [0.3, 0.4) is 0 Å². The van der Waals surface area contributed by atoms with Crippen molar-refractivity contribution >= 4 is 10.0 Å². The average molecular weight is 348 g/mol. The summed E-state index contributed by atoms with van der Waals surface area (Å²) in [5, 5.41) is 0. The molecule has 24 heavy (non-hydrogen) atoms. The van der Waals surface area contributed by atoms with Crippen LogP contribution in [-0.4, -0.2) is 51.9 Å². The van der Waals surface area contributed by atoms with Crippen LogP contribution in [0.4, 0.5) is 0 Å². The van der Waals surface area contributed by atoms with E-state index in [1.807, 2.05) is 43.4 Å². The summed E-state index contributed by atoms with van der Waals surface area (Å²) < 4.78 is 31.3. The van der Waals surface area contributed by atoms with E-state index < -0.39 is 10.0 Å². The summed E-state index contributed by atoms with van der Waals surface area (Å²) >= 11 is 0. The Bertz CT molecular complexity index is 746. The zero-order valence-electron chi connectivity index (χ0n) is 14.3. The Morgan fingerprint density at radius 2 is 1.67 bits per heavy atom. The standard InChI is InChI=1S/C18H24N2O3S/c1-19(2)24(21,22)18-11-7-8-16(14-18)15-20(3)12-13-23-17-9-5-4-6-10-17/h4-11,14H,12-13,15H2,1-3H3. The molecule has 0 spiro atoms. The van der Waals surface area contributed by atoms with Gasteiger partial charge < -0.3 is 4.74 Å². The van der Waals surface area contributed by atoms with Gasteiger partial charge in [0.1, 0.15) is 12.4 Å². The molecule has 0 aliphatic rings. The minimum atomic E-state index is -3.40. The van der Waals surface area contributed by atoms with Crippen molar-refractivity contribution in [1.29, 1.82) is 0 Å². The molecular weight excluding hydrogens is 324 g/mol. The van der Waals surface area contributed by atoms with Crippen LogP contribution in [0.25, 0.3) is 0 Å². The fraction of sp³-hybridized carbons (Fsp3) is 0.333. The monoisotopic (exact) mass is 348 g/mol. The first kappa shape index (κ1) is 18.4. The summed E-state index contributed by atoms with van der Waals surface area (Å²) in [6.45, 7) is 1.99. The molecule has 2 rings (SSSR count). The summed E-state index contributed by atoms with van der Waals surface area (Å²) in [5.41, 5.74) is 0.958. The molecule has 0 N–H and O–H groups in total.